The van der Waals surface area contributed by atoms with Gasteiger partial charge < -0.3 is 4.90 Å². The molecular weight excluding hydrogens is 675 g/mol. The molecule has 0 spiro atoms. The highest BCUT2D eigenvalue weighted by Crippen LogP contribution is 2.54. The van der Waals surface area contributed by atoms with Crippen LogP contribution in [0.2, 0.25) is 0 Å². The minimum absolute atomic E-state index is 0.335. The van der Waals surface area contributed by atoms with Gasteiger partial charge in [0, 0.05) is 65.2 Å². The van der Waals surface area contributed by atoms with Crippen LogP contribution in [-0.2, 0) is 0 Å². The van der Waals surface area contributed by atoms with E-state index in [1.54, 1.807) is 0 Å². The number of benzene rings is 4. The highest BCUT2D eigenvalue weighted by atomic mass is 32.2. The Kier molecular flexibility index (Phi) is 7.93. The van der Waals surface area contributed by atoms with Crippen LogP contribution in [-0.4, -0.2) is 11.5 Å². The molecule has 0 N–H and O–H groups in total. The highest BCUT2D eigenvalue weighted by molar-refractivity contribution is 8.01. The van der Waals surface area contributed by atoms with Crippen LogP contribution in [0.4, 0.5) is 11.4 Å². The van der Waals surface area contributed by atoms with Crippen LogP contribution in [0.1, 0.15) is 24.3 Å². The first-order chi connectivity index (χ1) is 25.2. The number of rotatable bonds is 6. The van der Waals surface area contributed by atoms with Crippen LogP contribution >= 0.6 is 34.9 Å². The lowest BCUT2D eigenvalue weighted by Crippen LogP contribution is -2.22. The average Bonchev–Trinajstić information content (AvgIpc) is 3.77. The zero-order chi connectivity index (χ0) is 33.9. The van der Waals surface area contributed by atoms with Crippen LogP contribution in [0.3, 0.4) is 0 Å². The first kappa shape index (κ1) is 31.3. The van der Waals surface area contributed by atoms with Crippen molar-refractivity contribution >= 4 is 66.4 Å². The van der Waals surface area contributed by atoms with Crippen LogP contribution in [0.25, 0.3) is 31.3 Å². The van der Waals surface area contributed by atoms with Gasteiger partial charge in [0.1, 0.15) is 0 Å². The van der Waals surface area contributed by atoms with Gasteiger partial charge in [0.05, 0.1) is 10.4 Å². The largest absolute Gasteiger partial charge is 0.313 e. The molecule has 10 rings (SSSR count). The fourth-order valence-corrected chi connectivity index (χ4v) is 12.0. The molecule has 0 saturated heterocycles. The van der Waals surface area contributed by atoms with Gasteiger partial charge in [-0.05, 0) is 77.8 Å². The fourth-order valence-electron chi connectivity index (χ4n) is 8.58. The fraction of sp³-hybridized carbons (Fsp3) is 0.149. The van der Waals surface area contributed by atoms with Crippen molar-refractivity contribution in [1.82, 2.24) is 0 Å². The van der Waals surface area contributed by atoms with Crippen molar-refractivity contribution in [1.29, 1.82) is 0 Å². The van der Waals surface area contributed by atoms with E-state index in [9.17, 15) is 0 Å². The molecule has 5 aromatic rings. The molecule has 4 atom stereocenters. The Labute approximate surface area is 312 Å². The van der Waals surface area contributed by atoms with E-state index in [1.807, 2.05) is 34.9 Å². The van der Waals surface area contributed by atoms with E-state index < -0.39 is 0 Å². The second-order valence-corrected chi connectivity index (χ2v) is 16.9. The van der Waals surface area contributed by atoms with Crippen molar-refractivity contribution in [3.8, 4) is 11.1 Å². The van der Waals surface area contributed by atoms with Crippen LogP contribution in [0, 0.1) is 11.8 Å². The summed E-state index contributed by atoms with van der Waals surface area (Å²) in [5.74, 6) is 1.17. The zero-order valence-corrected chi connectivity index (χ0v) is 30.9. The van der Waals surface area contributed by atoms with E-state index in [0.717, 1.165) is 12.8 Å². The van der Waals surface area contributed by atoms with Gasteiger partial charge in [-0.1, -0.05) is 121 Å². The normalized spacial score (nSPS) is 22.8. The molecule has 1 aliphatic heterocycles. The van der Waals surface area contributed by atoms with Crippen molar-refractivity contribution < 1.29 is 0 Å². The molecule has 0 bridgehead atoms. The number of nitrogens with zero attached hydrogens (tertiary/aromatic N) is 1. The summed E-state index contributed by atoms with van der Waals surface area (Å²) in [6, 6.07) is 29.9. The maximum absolute atomic E-state index is 2.57. The number of thioether (sulfide) groups is 2. The average molecular weight is 712 g/mol. The molecule has 0 radical (unpaired) electrons. The Hall–Kier alpha value is -4.48. The summed E-state index contributed by atoms with van der Waals surface area (Å²) in [5, 5.41) is 3.14. The predicted molar refractivity (Wildman–Crippen MR) is 224 cm³/mol. The van der Waals surface area contributed by atoms with E-state index in [-0.39, 0.29) is 0 Å². The number of thiophene rings is 1. The summed E-state index contributed by atoms with van der Waals surface area (Å²) < 4.78 is 2.68. The quantitative estimate of drug-likeness (QED) is 0.161. The third-order valence-electron chi connectivity index (χ3n) is 11.0. The highest BCUT2D eigenvalue weighted by Gasteiger charge is 2.34. The molecule has 4 heteroatoms. The van der Waals surface area contributed by atoms with E-state index in [2.05, 4.69) is 169 Å². The summed E-state index contributed by atoms with van der Waals surface area (Å²) in [6.45, 7) is 0. The summed E-state index contributed by atoms with van der Waals surface area (Å²) in [7, 11) is 0. The summed E-state index contributed by atoms with van der Waals surface area (Å²) in [5.41, 5.74) is 10.8. The lowest BCUT2D eigenvalue weighted by Gasteiger charge is -2.34. The topological polar surface area (TPSA) is 3.24 Å². The molecule has 0 saturated carbocycles. The van der Waals surface area contributed by atoms with Gasteiger partial charge in [0.2, 0.25) is 0 Å². The lowest BCUT2D eigenvalue weighted by atomic mass is 9.75. The van der Waals surface area contributed by atoms with Crippen molar-refractivity contribution in [2.45, 2.75) is 33.8 Å². The molecular formula is C47H37NS3. The van der Waals surface area contributed by atoms with Crippen molar-refractivity contribution in [2.24, 2.45) is 11.8 Å². The third-order valence-corrected chi connectivity index (χ3v) is 14.4. The van der Waals surface area contributed by atoms with Crippen molar-refractivity contribution in [2.75, 3.05) is 11.2 Å². The van der Waals surface area contributed by atoms with E-state index >= 15 is 0 Å². The zero-order valence-electron chi connectivity index (χ0n) is 28.4. The summed E-state index contributed by atoms with van der Waals surface area (Å²) in [4.78, 5) is 5.36. The smallest absolute Gasteiger partial charge is 0.0637 e. The number of allylic oxidation sites excluding steroid dienone is 15. The second-order valence-electron chi connectivity index (χ2n) is 13.8. The van der Waals surface area contributed by atoms with Gasteiger partial charge in [-0.15, -0.1) is 34.9 Å². The maximum Gasteiger partial charge on any atom is 0.0637 e. The number of hydrogen-bond acceptors (Lipinski definition) is 4. The Morgan fingerprint density at radius 3 is 2.45 bits per heavy atom. The number of anilines is 2. The first-order valence-corrected chi connectivity index (χ1v) is 20.8. The van der Waals surface area contributed by atoms with Crippen LogP contribution < -0.4 is 4.90 Å². The van der Waals surface area contributed by atoms with Crippen molar-refractivity contribution in [3.05, 3.63) is 180 Å². The SMILES string of the molecule is CSc1ccc2c(c1-c1ccc(N(C3=CC(C4C=CC=C5C=CC=CC54)=CCC3)c3cccc4c3sc3ccccc34)cc1)SC1C=CC=CC21. The Balaban J connectivity index is 1.10. The molecule has 4 unspecified atom stereocenters. The molecule has 0 amide bonds. The molecule has 2 heterocycles. The molecule has 4 aliphatic carbocycles. The molecule has 4 aromatic carbocycles. The van der Waals surface area contributed by atoms with Gasteiger partial charge in [-0.3, -0.25) is 0 Å². The molecule has 0 fully saturated rings. The summed E-state index contributed by atoms with van der Waals surface area (Å²) >= 11 is 5.80. The van der Waals surface area contributed by atoms with Gasteiger partial charge in [0.15, 0.2) is 0 Å². The Morgan fingerprint density at radius 1 is 0.725 bits per heavy atom. The van der Waals surface area contributed by atoms with Gasteiger partial charge in [0.25, 0.3) is 0 Å². The minimum Gasteiger partial charge on any atom is -0.313 e. The minimum atomic E-state index is 0.335. The lowest BCUT2D eigenvalue weighted by molar-refractivity contribution is 0.611. The third kappa shape index (κ3) is 5.30. The van der Waals surface area contributed by atoms with E-state index in [1.165, 1.54) is 74.9 Å². The van der Waals surface area contributed by atoms with Gasteiger partial charge in [-0.25, -0.2) is 0 Å². The standard InChI is InChI=1S/C47H37NS3/c1-49-44-28-27-40-38-17-5-7-22-43(38)51-47(40)45(44)31-23-25-33(26-24-31)48(41-20-10-19-39-37-16-4-6-21-42(37)50-46(39)41)34-14-8-13-32(29-34)36-18-9-12-30-11-2-3-15-35(30)36/h2-7,9-13,15-29,35-36,38,43H,8,14H2,1H3. The van der Waals surface area contributed by atoms with Crippen LogP contribution in [0.5, 0.6) is 0 Å². The van der Waals surface area contributed by atoms with Crippen LogP contribution in [0.15, 0.2) is 184 Å². The number of hydrogen-bond donors (Lipinski definition) is 0. The van der Waals surface area contributed by atoms with Gasteiger partial charge in [-0.2, -0.15) is 0 Å². The molecule has 1 aromatic heterocycles. The maximum atomic E-state index is 2.57. The number of fused-ring (bicyclic) bond motifs is 7. The molecule has 5 aliphatic rings. The molecule has 248 valence electrons. The van der Waals surface area contributed by atoms with E-state index in [4.69, 9.17) is 0 Å². The Morgan fingerprint density at radius 2 is 1.53 bits per heavy atom. The molecule has 1 nitrogen and oxygen atoms in total. The summed E-state index contributed by atoms with van der Waals surface area (Å²) in [6.07, 6.45) is 34.3. The monoisotopic (exact) mass is 711 g/mol. The first-order valence-electron chi connectivity index (χ1n) is 17.9. The second kappa shape index (κ2) is 12.9. The van der Waals surface area contributed by atoms with E-state index in [0.29, 0.717) is 23.0 Å². The Bertz CT molecular complexity index is 2460. The van der Waals surface area contributed by atoms with Crippen molar-refractivity contribution in [3.63, 3.8) is 0 Å². The van der Waals surface area contributed by atoms with Gasteiger partial charge >= 0.3 is 0 Å². The molecule has 51 heavy (non-hydrogen) atoms. The predicted octanol–water partition coefficient (Wildman–Crippen LogP) is 13.7.